The highest BCUT2D eigenvalue weighted by Crippen LogP contribution is 2.22. The molecule has 0 bridgehead atoms. The van der Waals surface area contributed by atoms with Gasteiger partial charge in [0.05, 0.1) is 5.56 Å². The summed E-state index contributed by atoms with van der Waals surface area (Å²) in [6.45, 7) is 4.28. The smallest absolute Gasteiger partial charge is 0.343 e. The van der Waals surface area contributed by atoms with E-state index in [1.54, 1.807) is 12.1 Å². The summed E-state index contributed by atoms with van der Waals surface area (Å²) in [5.74, 6) is 0.115. The third-order valence-corrected chi connectivity index (χ3v) is 3.35. The predicted octanol–water partition coefficient (Wildman–Crippen LogP) is 4.56. The van der Waals surface area contributed by atoms with Crippen molar-refractivity contribution in [2.75, 3.05) is 0 Å². The lowest BCUT2D eigenvalue weighted by Crippen LogP contribution is -2.08. The van der Waals surface area contributed by atoms with Crippen molar-refractivity contribution < 1.29 is 13.9 Å². The van der Waals surface area contributed by atoms with E-state index in [4.69, 9.17) is 4.74 Å². The van der Waals surface area contributed by atoms with Crippen LogP contribution in [-0.4, -0.2) is 5.97 Å². The van der Waals surface area contributed by atoms with Gasteiger partial charge in [0.25, 0.3) is 0 Å². The fourth-order valence-corrected chi connectivity index (χ4v) is 1.85. The van der Waals surface area contributed by atoms with E-state index < -0.39 is 5.97 Å². The molecule has 1 atom stereocenters. The molecule has 2 aromatic carbocycles. The Bertz CT molecular complexity index is 573. The number of carbonyl (C=O) groups excluding carboxylic acids is 1. The van der Waals surface area contributed by atoms with Gasteiger partial charge in [-0.3, -0.25) is 0 Å². The van der Waals surface area contributed by atoms with E-state index >= 15 is 0 Å². The molecule has 0 amide bonds. The summed E-state index contributed by atoms with van der Waals surface area (Å²) >= 11 is 0. The number of carbonyl (C=O) groups is 1. The molecule has 0 aliphatic rings. The third kappa shape index (κ3) is 3.44. The largest absolute Gasteiger partial charge is 0.423 e. The lowest BCUT2D eigenvalue weighted by Gasteiger charge is -2.10. The maximum absolute atomic E-state index is 12.8. The van der Waals surface area contributed by atoms with Gasteiger partial charge < -0.3 is 4.74 Å². The molecule has 2 rings (SSSR count). The highest BCUT2D eigenvalue weighted by Gasteiger charge is 2.09. The van der Waals surface area contributed by atoms with E-state index in [0.29, 0.717) is 17.2 Å². The quantitative estimate of drug-likeness (QED) is 0.602. The SMILES string of the molecule is CCC(C)c1ccc(OC(=O)c2ccc(F)cc2)cc1. The van der Waals surface area contributed by atoms with E-state index in [0.717, 1.165) is 6.42 Å². The minimum Gasteiger partial charge on any atom is -0.423 e. The second-order valence-corrected chi connectivity index (χ2v) is 4.77. The van der Waals surface area contributed by atoms with E-state index in [9.17, 15) is 9.18 Å². The molecule has 0 fully saturated rings. The summed E-state index contributed by atoms with van der Waals surface area (Å²) in [5.41, 5.74) is 1.55. The summed E-state index contributed by atoms with van der Waals surface area (Å²) in [7, 11) is 0. The Morgan fingerprint density at radius 1 is 1.10 bits per heavy atom. The Hall–Kier alpha value is -2.16. The van der Waals surface area contributed by atoms with Gasteiger partial charge in [0, 0.05) is 0 Å². The monoisotopic (exact) mass is 272 g/mol. The fourth-order valence-electron chi connectivity index (χ4n) is 1.85. The lowest BCUT2D eigenvalue weighted by atomic mass is 9.99. The van der Waals surface area contributed by atoms with Gasteiger partial charge in [-0.25, -0.2) is 9.18 Å². The highest BCUT2D eigenvalue weighted by atomic mass is 19.1. The summed E-state index contributed by atoms with van der Waals surface area (Å²) in [4.78, 5) is 11.9. The van der Waals surface area contributed by atoms with Gasteiger partial charge >= 0.3 is 5.97 Å². The van der Waals surface area contributed by atoms with Crippen molar-refractivity contribution in [2.24, 2.45) is 0 Å². The zero-order valence-corrected chi connectivity index (χ0v) is 11.6. The topological polar surface area (TPSA) is 26.3 Å². The van der Waals surface area contributed by atoms with E-state index in [1.165, 1.54) is 29.8 Å². The van der Waals surface area contributed by atoms with Crippen LogP contribution in [0.1, 0.15) is 42.1 Å². The second-order valence-electron chi connectivity index (χ2n) is 4.77. The van der Waals surface area contributed by atoms with Gasteiger partial charge in [0.1, 0.15) is 11.6 Å². The predicted molar refractivity (Wildman–Crippen MR) is 76.5 cm³/mol. The van der Waals surface area contributed by atoms with Crippen LogP contribution in [0.5, 0.6) is 5.75 Å². The molecule has 0 spiro atoms. The molecule has 2 nitrogen and oxygen atoms in total. The normalized spacial score (nSPS) is 11.9. The standard InChI is InChI=1S/C17H17FO2/c1-3-12(2)13-6-10-16(11-7-13)20-17(19)14-4-8-15(18)9-5-14/h4-12H,3H2,1-2H3. The lowest BCUT2D eigenvalue weighted by molar-refractivity contribution is 0.0734. The molecule has 0 aliphatic heterocycles. The average molecular weight is 272 g/mol. The number of rotatable bonds is 4. The van der Waals surface area contributed by atoms with Crippen molar-refractivity contribution in [3.63, 3.8) is 0 Å². The Kier molecular flexibility index (Phi) is 4.51. The van der Waals surface area contributed by atoms with Crippen molar-refractivity contribution in [3.05, 3.63) is 65.5 Å². The second kappa shape index (κ2) is 6.33. The molecule has 0 saturated heterocycles. The zero-order chi connectivity index (χ0) is 14.5. The van der Waals surface area contributed by atoms with Crippen molar-refractivity contribution in [3.8, 4) is 5.75 Å². The molecular weight excluding hydrogens is 255 g/mol. The summed E-state index contributed by atoms with van der Waals surface area (Å²) in [6.07, 6.45) is 1.06. The molecule has 0 N–H and O–H groups in total. The number of esters is 1. The van der Waals surface area contributed by atoms with Gasteiger partial charge in [-0.15, -0.1) is 0 Å². The van der Waals surface area contributed by atoms with Crippen LogP contribution in [0.2, 0.25) is 0 Å². The summed E-state index contributed by atoms with van der Waals surface area (Å²) < 4.78 is 18.0. The first-order valence-electron chi connectivity index (χ1n) is 6.68. The van der Waals surface area contributed by atoms with Crippen LogP contribution in [-0.2, 0) is 0 Å². The average Bonchev–Trinajstić information content (AvgIpc) is 2.48. The van der Waals surface area contributed by atoms with Crippen LogP contribution in [0.15, 0.2) is 48.5 Å². The molecule has 3 heteroatoms. The highest BCUT2D eigenvalue weighted by molar-refractivity contribution is 5.90. The number of hydrogen-bond donors (Lipinski definition) is 0. The van der Waals surface area contributed by atoms with Crippen molar-refractivity contribution >= 4 is 5.97 Å². The minimum absolute atomic E-state index is 0.331. The van der Waals surface area contributed by atoms with Crippen LogP contribution in [0.3, 0.4) is 0 Å². The van der Waals surface area contributed by atoms with Crippen LogP contribution in [0.25, 0.3) is 0 Å². The van der Waals surface area contributed by atoms with Crippen molar-refractivity contribution in [1.29, 1.82) is 0 Å². The summed E-state index contributed by atoms with van der Waals surface area (Å²) in [5, 5.41) is 0. The van der Waals surface area contributed by atoms with Gasteiger partial charge in [-0.2, -0.15) is 0 Å². The molecule has 2 aromatic rings. The van der Waals surface area contributed by atoms with Crippen molar-refractivity contribution in [2.45, 2.75) is 26.2 Å². The first-order valence-corrected chi connectivity index (χ1v) is 6.68. The molecular formula is C17H17FO2. The van der Waals surface area contributed by atoms with E-state index in [2.05, 4.69) is 13.8 Å². The Balaban J connectivity index is 2.06. The Morgan fingerprint density at radius 3 is 2.25 bits per heavy atom. The minimum atomic E-state index is -0.485. The van der Waals surface area contributed by atoms with Gasteiger partial charge in [0.15, 0.2) is 0 Å². The first-order chi connectivity index (χ1) is 9.60. The number of benzene rings is 2. The van der Waals surface area contributed by atoms with Crippen LogP contribution in [0, 0.1) is 5.82 Å². The molecule has 0 aromatic heterocycles. The van der Waals surface area contributed by atoms with Crippen LogP contribution < -0.4 is 4.74 Å². The Labute approximate surface area is 118 Å². The van der Waals surface area contributed by atoms with Crippen LogP contribution >= 0.6 is 0 Å². The Morgan fingerprint density at radius 2 is 1.70 bits per heavy atom. The van der Waals surface area contributed by atoms with Gasteiger partial charge in [-0.1, -0.05) is 26.0 Å². The third-order valence-electron chi connectivity index (χ3n) is 3.35. The van der Waals surface area contributed by atoms with E-state index in [1.807, 2.05) is 12.1 Å². The molecule has 0 aliphatic carbocycles. The number of ether oxygens (including phenoxy) is 1. The molecule has 1 unspecified atom stereocenters. The van der Waals surface area contributed by atoms with Crippen LogP contribution in [0.4, 0.5) is 4.39 Å². The number of halogens is 1. The summed E-state index contributed by atoms with van der Waals surface area (Å²) in [6, 6.07) is 12.8. The first kappa shape index (κ1) is 14.3. The van der Waals surface area contributed by atoms with Gasteiger partial charge in [-0.05, 0) is 54.3 Å². The zero-order valence-electron chi connectivity index (χ0n) is 11.6. The molecule has 20 heavy (non-hydrogen) atoms. The molecule has 0 radical (unpaired) electrons. The van der Waals surface area contributed by atoms with E-state index in [-0.39, 0.29) is 5.82 Å². The molecule has 0 saturated carbocycles. The molecule has 0 heterocycles. The fraction of sp³-hybridized carbons (Fsp3) is 0.235. The maximum atomic E-state index is 12.8. The van der Waals surface area contributed by atoms with Crippen molar-refractivity contribution in [1.82, 2.24) is 0 Å². The number of hydrogen-bond acceptors (Lipinski definition) is 2. The maximum Gasteiger partial charge on any atom is 0.343 e. The molecule has 104 valence electrons. The van der Waals surface area contributed by atoms with Gasteiger partial charge in [0.2, 0.25) is 0 Å².